The molecule has 0 fully saturated rings. The summed E-state index contributed by atoms with van der Waals surface area (Å²) in [6.45, 7) is 1.46. The van der Waals surface area contributed by atoms with Gasteiger partial charge < -0.3 is 11.1 Å². The zero-order valence-electron chi connectivity index (χ0n) is 11.7. The summed E-state index contributed by atoms with van der Waals surface area (Å²) in [5, 5.41) is 7.72. The van der Waals surface area contributed by atoms with Gasteiger partial charge in [-0.05, 0) is 29.3 Å². The number of anilines is 2. The van der Waals surface area contributed by atoms with Gasteiger partial charge in [0.1, 0.15) is 0 Å². The summed E-state index contributed by atoms with van der Waals surface area (Å²) in [5.41, 5.74) is 10.2. The van der Waals surface area contributed by atoms with Crippen molar-refractivity contribution in [3.8, 4) is 0 Å². The molecule has 0 atom stereocenters. The highest BCUT2D eigenvalue weighted by Gasteiger charge is 2.04. The Kier molecular flexibility index (Phi) is 3.87. The molecule has 0 spiro atoms. The lowest BCUT2D eigenvalue weighted by atomic mass is 10.1. The lowest BCUT2D eigenvalue weighted by Crippen LogP contribution is -2.07. The Morgan fingerprint density at radius 3 is 2.48 bits per heavy atom. The van der Waals surface area contributed by atoms with Gasteiger partial charge >= 0.3 is 0 Å². The quantitative estimate of drug-likeness (QED) is 0.705. The highest BCUT2D eigenvalue weighted by molar-refractivity contribution is 5.54. The third-order valence-corrected chi connectivity index (χ3v) is 3.43. The topological polar surface area (TPSA) is 55.9 Å². The summed E-state index contributed by atoms with van der Waals surface area (Å²) in [6, 6.07) is 18.1. The molecule has 106 valence electrons. The fourth-order valence-corrected chi connectivity index (χ4v) is 2.28. The second-order valence-corrected chi connectivity index (χ2v) is 4.91. The highest BCUT2D eigenvalue weighted by Crippen LogP contribution is 2.19. The van der Waals surface area contributed by atoms with E-state index in [-0.39, 0.29) is 0 Å². The van der Waals surface area contributed by atoms with Crippen LogP contribution in [0.15, 0.2) is 67.0 Å². The van der Waals surface area contributed by atoms with Crippen LogP contribution in [0.1, 0.15) is 11.1 Å². The molecule has 3 rings (SSSR count). The molecule has 3 N–H and O–H groups in total. The van der Waals surface area contributed by atoms with Crippen LogP contribution in [0.3, 0.4) is 0 Å². The Morgan fingerprint density at radius 1 is 0.952 bits per heavy atom. The van der Waals surface area contributed by atoms with Crippen LogP contribution in [0.5, 0.6) is 0 Å². The van der Waals surface area contributed by atoms with E-state index in [2.05, 4.69) is 22.5 Å². The van der Waals surface area contributed by atoms with Crippen molar-refractivity contribution in [2.45, 2.75) is 13.1 Å². The van der Waals surface area contributed by atoms with E-state index >= 15 is 0 Å². The van der Waals surface area contributed by atoms with Crippen LogP contribution in [0.4, 0.5) is 11.4 Å². The van der Waals surface area contributed by atoms with Gasteiger partial charge in [0.05, 0.1) is 6.54 Å². The summed E-state index contributed by atoms with van der Waals surface area (Å²) in [6.07, 6.45) is 3.76. The minimum absolute atomic E-state index is 0.711. The van der Waals surface area contributed by atoms with Crippen LogP contribution in [-0.4, -0.2) is 9.78 Å². The predicted octanol–water partition coefficient (Wildman–Crippen LogP) is 3.13. The monoisotopic (exact) mass is 278 g/mol. The fraction of sp³-hybridized carbons (Fsp3) is 0.118. The van der Waals surface area contributed by atoms with Crippen LogP contribution in [0.2, 0.25) is 0 Å². The summed E-state index contributed by atoms with van der Waals surface area (Å²) in [7, 11) is 0. The smallest absolute Gasteiger partial charge is 0.0679 e. The molecule has 0 saturated carbocycles. The van der Waals surface area contributed by atoms with Gasteiger partial charge in [-0.3, -0.25) is 4.68 Å². The highest BCUT2D eigenvalue weighted by atomic mass is 15.3. The van der Waals surface area contributed by atoms with Crippen LogP contribution >= 0.6 is 0 Å². The lowest BCUT2D eigenvalue weighted by molar-refractivity contribution is 0.687. The molecule has 0 unspecified atom stereocenters. The number of rotatable bonds is 5. The summed E-state index contributed by atoms with van der Waals surface area (Å²) in [5.74, 6) is 0. The number of aromatic nitrogens is 2. The van der Waals surface area contributed by atoms with E-state index in [1.807, 2.05) is 53.3 Å². The van der Waals surface area contributed by atoms with Gasteiger partial charge in [0.25, 0.3) is 0 Å². The first-order valence-electron chi connectivity index (χ1n) is 6.95. The van der Waals surface area contributed by atoms with Crippen LogP contribution in [0, 0.1) is 0 Å². The second-order valence-electron chi connectivity index (χ2n) is 4.91. The number of nitrogen functional groups attached to an aromatic ring is 1. The van der Waals surface area contributed by atoms with Crippen molar-refractivity contribution in [1.29, 1.82) is 0 Å². The van der Waals surface area contributed by atoms with Gasteiger partial charge in [-0.25, -0.2) is 0 Å². The number of nitrogens with zero attached hydrogens (tertiary/aromatic N) is 2. The van der Waals surface area contributed by atoms with E-state index in [0.717, 1.165) is 23.5 Å². The molecule has 4 nitrogen and oxygen atoms in total. The number of hydrogen-bond acceptors (Lipinski definition) is 3. The lowest BCUT2D eigenvalue weighted by Gasteiger charge is -2.13. The molecule has 4 heteroatoms. The van der Waals surface area contributed by atoms with E-state index in [1.54, 1.807) is 6.20 Å². The van der Waals surface area contributed by atoms with E-state index in [9.17, 15) is 0 Å². The van der Waals surface area contributed by atoms with E-state index in [1.165, 1.54) is 5.56 Å². The second kappa shape index (κ2) is 6.13. The zero-order valence-corrected chi connectivity index (χ0v) is 11.7. The van der Waals surface area contributed by atoms with E-state index in [0.29, 0.717) is 6.54 Å². The first-order valence-corrected chi connectivity index (χ1v) is 6.95. The molecule has 0 aliphatic carbocycles. The number of para-hydroxylation sites is 2. The van der Waals surface area contributed by atoms with Crippen molar-refractivity contribution in [2.75, 3.05) is 11.1 Å². The van der Waals surface area contributed by atoms with Crippen molar-refractivity contribution in [3.63, 3.8) is 0 Å². The molecule has 3 aromatic rings. The van der Waals surface area contributed by atoms with Crippen molar-refractivity contribution < 1.29 is 0 Å². The van der Waals surface area contributed by atoms with Gasteiger partial charge in [-0.2, -0.15) is 5.10 Å². The van der Waals surface area contributed by atoms with Crippen molar-refractivity contribution in [2.24, 2.45) is 0 Å². The first-order chi connectivity index (χ1) is 10.3. The molecule has 0 aliphatic rings. The maximum absolute atomic E-state index is 5.98. The van der Waals surface area contributed by atoms with Gasteiger partial charge in [0.15, 0.2) is 0 Å². The number of nitrogens with one attached hydrogen (secondary N) is 1. The summed E-state index contributed by atoms with van der Waals surface area (Å²) < 4.78 is 1.91. The third kappa shape index (κ3) is 3.23. The molecule has 0 bridgehead atoms. The van der Waals surface area contributed by atoms with Crippen molar-refractivity contribution in [1.82, 2.24) is 9.78 Å². The molecule has 0 amide bonds. The van der Waals surface area contributed by atoms with Gasteiger partial charge in [0, 0.05) is 30.3 Å². The van der Waals surface area contributed by atoms with E-state index in [4.69, 9.17) is 5.73 Å². The Hall–Kier alpha value is -2.75. The van der Waals surface area contributed by atoms with Gasteiger partial charge in [0.2, 0.25) is 0 Å². The number of nitrogens with two attached hydrogens (primary N) is 1. The molecule has 1 heterocycles. The Bertz CT molecular complexity index is 704. The molecule has 2 aromatic carbocycles. The zero-order chi connectivity index (χ0) is 14.5. The molecule has 0 saturated heterocycles. The normalized spacial score (nSPS) is 10.5. The molecular weight excluding hydrogens is 260 g/mol. The van der Waals surface area contributed by atoms with Gasteiger partial charge in [-0.15, -0.1) is 0 Å². The maximum atomic E-state index is 5.98. The Labute approximate surface area is 124 Å². The SMILES string of the molecule is Nc1ccccc1CNc1ccccc1Cn1cccn1. The third-order valence-electron chi connectivity index (χ3n) is 3.43. The van der Waals surface area contributed by atoms with Crippen molar-refractivity contribution in [3.05, 3.63) is 78.1 Å². The molecule has 21 heavy (non-hydrogen) atoms. The standard InChI is InChI=1S/C17H18N4/c18-16-8-3-1-6-14(16)12-19-17-9-4-2-7-15(17)13-21-11-5-10-20-21/h1-11,19H,12-13,18H2. The van der Waals surface area contributed by atoms with Crippen LogP contribution < -0.4 is 11.1 Å². The largest absolute Gasteiger partial charge is 0.398 e. The van der Waals surface area contributed by atoms with Crippen molar-refractivity contribution >= 4 is 11.4 Å². The Balaban J connectivity index is 1.75. The fourth-order valence-electron chi connectivity index (χ4n) is 2.28. The van der Waals surface area contributed by atoms with E-state index < -0.39 is 0 Å². The molecule has 1 aromatic heterocycles. The average Bonchev–Trinajstić information content (AvgIpc) is 3.01. The first kappa shape index (κ1) is 13.2. The minimum Gasteiger partial charge on any atom is -0.398 e. The summed E-state index contributed by atoms with van der Waals surface area (Å²) in [4.78, 5) is 0. The average molecular weight is 278 g/mol. The molecule has 0 radical (unpaired) electrons. The Morgan fingerprint density at radius 2 is 1.71 bits per heavy atom. The minimum atomic E-state index is 0.711. The maximum Gasteiger partial charge on any atom is 0.0679 e. The number of benzene rings is 2. The predicted molar refractivity (Wildman–Crippen MR) is 86.0 cm³/mol. The molecular formula is C17H18N4. The van der Waals surface area contributed by atoms with Crippen LogP contribution in [0.25, 0.3) is 0 Å². The molecule has 0 aliphatic heterocycles. The summed E-state index contributed by atoms with van der Waals surface area (Å²) >= 11 is 0. The van der Waals surface area contributed by atoms with Gasteiger partial charge in [-0.1, -0.05) is 36.4 Å². The van der Waals surface area contributed by atoms with Crippen LogP contribution in [-0.2, 0) is 13.1 Å². The number of hydrogen-bond donors (Lipinski definition) is 2.